The third kappa shape index (κ3) is 8.83. The highest BCUT2D eigenvalue weighted by molar-refractivity contribution is 6.20. The summed E-state index contributed by atoms with van der Waals surface area (Å²) in [6.45, 7) is 9.14. The smallest absolute Gasteiger partial charge is 0.159 e. The third-order valence-corrected chi connectivity index (χ3v) is 21.3. The molecule has 3 aliphatic carbocycles. The summed E-state index contributed by atoms with van der Waals surface area (Å²) < 4.78 is 15.0. The number of anilines is 6. The molecule has 14 aromatic rings. The molecule has 3 aliphatic rings. The second-order valence-electron chi connectivity index (χ2n) is 27.0. The molecule has 446 valence electrons. The van der Waals surface area contributed by atoms with Crippen molar-refractivity contribution in [1.82, 2.24) is 0 Å². The molecule has 2 heterocycles. The van der Waals surface area contributed by atoms with Crippen molar-refractivity contribution in [2.45, 2.75) is 121 Å². The molecule has 0 radical (unpaired) electrons. The highest BCUT2D eigenvalue weighted by atomic mass is 16.3. The van der Waals surface area contributed by atoms with E-state index in [9.17, 15) is 0 Å². The number of hydrogen-bond donors (Lipinski definition) is 0. The molecule has 2 fully saturated rings. The molecule has 17 rings (SSSR count). The van der Waals surface area contributed by atoms with Crippen molar-refractivity contribution < 1.29 is 8.83 Å². The average Bonchev–Trinajstić information content (AvgIpc) is 1.54. The summed E-state index contributed by atoms with van der Waals surface area (Å²) in [6.07, 6.45) is 12.5. The normalized spacial score (nSPS) is 15.2. The van der Waals surface area contributed by atoms with E-state index in [2.05, 4.69) is 280 Å². The minimum absolute atomic E-state index is 0.372. The maximum absolute atomic E-state index is 7.49. The van der Waals surface area contributed by atoms with Crippen LogP contribution in [0.15, 0.2) is 251 Å². The molecule has 0 atom stereocenters. The highest BCUT2D eigenvalue weighted by Gasteiger charge is 2.49. The van der Waals surface area contributed by atoms with Crippen LogP contribution in [0.3, 0.4) is 0 Å². The second-order valence-corrected chi connectivity index (χ2v) is 27.0. The van der Waals surface area contributed by atoms with Crippen LogP contribution in [0.4, 0.5) is 34.1 Å². The van der Waals surface area contributed by atoms with Crippen LogP contribution >= 0.6 is 0 Å². The summed E-state index contributed by atoms with van der Waals surface area (Å²) in [7, 11) is 0. The van der Waals surface area contributed by atoms with Crippen molar-refractivity contribution in [3.8, 4) is 11.1 Å². The summed E-state index contributed by atoms with van der Waals surface area (Å²) in [5.41, 5.74) is 22.1. The van der Waals surface area contributed by atoms with Gasteiger partial charge in [0, 0.05) is 43.7 Å². The van der Waals surface area contributed by atoms with E-state index in [1.807, 2.05) is 0 Å². The van der Waals surface area contributed by atoms with Gasteiger partial charge in [0.05, 0.1) is 28.2 Å². The largest absolute Gasteiger partial charge is 0.454 e. The minimum Gasteiger partial charge on any atom is -0.454 e. The monoisotopic (exact) mass is 1180 g/mol. The Kier molecular flexibility index (Phi) is 13.6. The first-order valence-electron chi connectivity index (χ1n) is 33.8. The summed E-state index contributed by atoms with van der Waals surface area (Å²) >= 11 is 0. The molecule has 2 saturated carbocycles. The van der Waals surface area contributed by atoms with Gasteiger partial charge in [0.15, 0.2) is 11.2 Å². The number of nitrogens with zero attached hydrogens (tertiary/aromatic N) is 2. The molecular formula is C87H76N2O2. The van der Waals surface area contributed by atoms with Gasteiger partial charge in [0.25, 0.3) is 0 Å². The first kappa shape index (κ1) is 55.4. The Hall–Kier alpha value is -9.64. The van der Waals surface area contributed by atoms with Gasteiger partial charge >= 0.3 is 0 Å². The fraction of sp³-hybridized carbons (Fsp3) is 0.218. The van der Waals surface area contributed by atoms with Gasteiger partial charge in [0.2, 0.25) is 0 Å². The van der Waals surface area contributed by atoms with Gasteiger partial charge in [-0.2, -0.15) is 0 Å². The number of para-hydroxylation sites is 4. The van der Waals surface area contributed by atoms with Gasteiger partial charge in [-0.1, -0.05) is 260 Å². The van der Waals surface area contributed by atoms with Crippen LogP contribution < -0.4 is 9.80 Å². The predicted octanol–water partition coefficient (Wildman–Crippen LogP) is 25.4. The third-order valence-electron chi connectivity index (χ3n) is 21.3. The van der Waals surface area contributed by atoms with E-state index in [4.69, 9.17) is 8.83 Å². The molecule has 4 nitrogen and oxygen atoms in total. The molecule has 2 aromatic heterocycles. The van der Waals surface area contributed by atoms with Gasteiger partial charge < -0.3 is 18.6 Å². The minimum atomic E-state index is -0.828. The van der Waals surface area contributed by atoms with E-state index in [1.54, 1.807) is 0 Å². The summed E-state index contributed by atoms with van der Waals surface area (Å²) in [4.78, 5) is 5.06. The van der Waals surface area contributed by atoms with Crippen LogP contribution in [-0.4, -0.2) is 0 Å². The number of fused-ring (bicyclic) bond motifs is 13. The number of hydrogen-bond acceptors (Lipinski definition) is 4. The molecule has 0 aliphatic heterocycles. The number of benzene rings is 12. The second kappa shape index (κ2) is 22.4. The standard InChI is InChI=1S/C87H76N2O2/c1-55(2)57-45-49-63(50-46-57)88(77-43-23-41-73-71-39-21-37-65(83(71)90-85(73)77)59-25-9-5-10-26-59)79-53-75-81(69-35-19-17-33-67(69)79)82-70-36-20-18-34-68(70)80(54-76(82)87(75,61-29-13-7-14-30-61)62-31-15-8-16-32-62)89(64-51-47-58(48-52-64)56(3)4)78-44-24-42-74-72-40-22-38-66(84(72)91-86(74)78)60-27-11-6-12-28-60/h7-8,13-24,29-56,59-60H,5-6,9-12,25-28H2,1-4H3. The van der Waals surface area contributed by atoms with Crippen molar-refractivity contribution >= 4 is 99.5 Å². The van der Waals surface area contributed by atoms with Gasteiger partial charge in [-0.3, -0.25) is 0 Å². The van der Waals surface area contributed by atoms with Crippen LogP contribution in [0, 0.1) is 0 Å². The fourth-order valence-corrected chi connectivity index (χ4v) is 16.8. The van der Waals surface area contributed by atoms with E-state index in [0.717, 1.165) is 78.0 Å². The lowest BCUT2D eigenvalue weighted by Crippen LogP contribution is -2.29. The van der Waals surface area contributed by atoms with Crippen LogP contribution in [0.25, 0.3) is 76.5 Å². The summed E-state index contributed by atoms with van der Waals surface area (Å²) in [5, 5.41) is 9.37. The Bertz CT molecular complexity index is 4750. The maximum atomic E-state index is 7.49. The average molecular weight is 1180 g/mol. The molecule has 0 amide bonds. The van der Waals surface area contributed by atoms with Gasteiger partial charge in [-0.25, -0.2) is 0 Å². The lowest BCUT2D eigenvalue weighted by atomic mass is 9.67. The van der Waals surface area contributed by atoms with E-state index < -0.39 is 5.41 Å². The zero-order valence-electron chi connectivity index (χ0n) is 52.7. The van der Waals surface area contributed by atoms with Crippen LogP contribution in [0.2, 0.25) is 0 Å². The van der Waals surface area contributed by atoms with Gasteiger partial charge in [0.1, 0.15) is 11.2 Å². The molecule has 91 heavy (non-hydrogen) atoms. The molecule has 0 bridgehead atoms. The first-order chi connectivity index (χ1) is 44.8. The zero-order chi connectivity index (χ0) is 60.9. The summed E-state index contributed by atoms with van der Waals surface area (Å²) in [5.74, 6) is 1.72. The van der Waals surface area contributed by atoms with E-state index >= 15 is 0 Å². The molecule has 12 aromatic carbocycles. The number of furan rings is 2. The van der Waals surface area contributed by atoms with Crippen molar-refractivity contribution in [2.75, 3.05) is 9.80 Å². The lowest BCUT2D eigenvalue weighted by Gasteiger charge is -2.36. The zero-order valence-corrected chi connectivity index (χ0v) is 52.7. The first-order valence-corrected chi connectivity index (χ1v) is 33.8. The molecule has 0 N–H and O–H groups in total. The Morgan fingerprint density at radius 1 is 0.319 bits per heavy atom. The van der Waals surface area contributed by atoms with Crippen molar-refractivity contribution in [1.29, 1.82) is 0 Å². The van der Waals surface area contributed by atoms with Crippen molar-refractivity contribution in [3.05, 3.63) is 287 Å². The van der Waals surface area contributed by atoms with E-state index in [1.165, 1.54) is 141 Å². The van der Waals surface area contributed by atoms with Crippen molar-refractivity contribution in [2.24, 2.45) is 0 Å². The SMILES string of the molecule is CC(C)c1ccc(N(c2cc3c(c4ccccc24)-c2c(cc(N(c4ccc(C(C)C)cc4)c4cccc5c4oc4c(C6CCCCC6)cccc45)c4ccccc24)C3(c2ccccc2)c2ccccc2)c2cccc3c2oc2c(C4CCCCC4)cccc23)cc1. The lowest BCUT2D eigenvalue weighted by molar-refractivity contribution is 0.442. The van der Waals surface area contributed by atoms with E-state index in [0.29, 0.717) is 23.7 Å². The van der Waals surface area contributed by atoms with Crippen LogP contribution in [0.5, 0.6) is 0 Å². The molecular weight excluding hydrogens is 1100 g/mol. The number of rotatable bonds is 12. The van der Waals surface area contributed by atoms with Crippen molar-refractivity contribution in [3.63, 3.8) is 0 Å². The highest BCUT2D eigenvalue weighted by Crippen LogP contribution is 2.63. The molecule has 4 heteroatoms. The Balaban J connectivity index is 0.975. The van der Waals surface area contributed by atoms with Crippen LogP contribution in [-0.2, 0) is 5.41 Å². The quantitative estimate of drug-likeness (QED) is 0.122. The van der Waals surface area contributed by atoms with E-state index in [-0.39, 0.29) is 0 Å². The Morgan fingerprint density at radius 2 is 0.659 bits per heavy atom. The Labute approximate surface area is 534 Å². The predicted molar refractivity (Wildman–Crippen MR) is 383 cm³/mol. The van der Waals surface area contributed by atoms with Gasteiger partial charge in [-0.05, 0) is 164 Å². The maximum Gasteiger partial charge on any atom is 0.159 e. The molecule has 0 unspecified atom stereocenters. The van der Waals surface area contributed by atoms with Crippen LogP contribution in [0.1, 0.15) is 160 Å². The summed E-state index contributed by atoms with van der Waals surface area (Å²) in [6, 6.07) is 92.4. The molecule has 0 spiro atoms. The molecule has 0 saturated heterocycles. The van der Waals surface area contributed by atoms with Gasteiger partial charge in [-0.15, -0.1) is 0 Å². The fourth-order valence-electron chi connectivity index (χ4n) is 16.8. The Morgan fingerprint density at radius 3 is 1.04 bits per heavy atom. The topological polar surface area (TPSA) is 32.8 Å².